The third-order valence-corrected chi connectivity index (χ3v) is 11.9. The molecule has 1 aromatic heterocycles. The Morgan fingerprint density at radius 2 is 1.03 bits per heavy atom. The molecule has 0 radical (unpaired) electrons. The highest BCUT2D eigenvalue weighted by molar-refractivity contribution is 6.10. The molecule has 2 atom stereocenters. The van der Waals surface area contributed by atoms with Crippen LogP contribution in [-0.4, -0.2) is 10.6 Å². The SMILES string of the molecule is C1=CCCC(N2c3ccc(N(c4ccccc4)c4ccc(N(c5ccccc5)c5ccc6c(c5)c5ccccc5n6-c5ccccc5)cc4)cc3C3C=CC=CC32)=C1. The highest BCUT2D eigenvalue weighted by atomic mass is 15.2. The van der Waals surface area contributed by atoms with Crippen molar-refractivity contribution in [3.8, 4) is 5.69 Å². The molecule has 0 N–H and O–H groups in total. The summed E-state index contributed by atoms with van der Waals surface area (Å²) in [4.78, 5) is 7.33. The Morgan fingerprint density at radius 1 is 0.466 bits per heavy atom. The van der Waals surface area contributed by atoms with Crippen molar-refractivity contribution in [3.05, 3.63) is 230 Å². The van der Waals surface area contributed by atoms with Gasteiger partial charge in [-0.05, 0) is 128 Å². The fraction of sp³-hybridized carbons (Fsp3) is 0.0741. The minimum absolute atomic E-state index is 0.288. The summed E-state index contributed by atoms with van der Waals surface area (Å²) in [6.07, 6.45) is 18.1. The minimum Gasteiger partial charge on any atom is -0.337 e. The maximum atomic E-state index is 2.57. The Bertz CT molecular complexity index is 2900. The van der Waals surface area contributed by atoms with Crippen molar-refractivity contribution in [1.29, 1.82) is 0 Å². The first-order valence-corrected chi connectivity index (χ1v) is 20.3. The smallest absolute Gasteiger partial charge is 0.0626 e. The van der Waals surface area contributed by atoms with Crippen LogP contribution < -0.4 is 14.7 Å². The summed E-state index contributed by atoms with van der Waals surface area (Å²) >= 11 is 0. The fourth-order valence-electron chi connectivity index (χ4n) is 9.35. The molecule has 3 aliphatic rings. The molecule has 58 heavy (non-hydrogen) atoms. The largest absolute Gasteiger partial charge is 0.337 e. The van der Waals surface area contributed by atoms with E-state index >= 15 is 0 Å². The molecule has 2 heterocycles. The van der Waals surface area contributed by atoms with Gasteiger partial charge in [0.05, 0.1) is 17.1 Å². The quantitative estimate of drug-likeness (QED) is 0.154. The van der Waals surface area contributed by atoms with Crippen LogP contribution in [0.3, 0.4) is 0 Å². The van der Waals surface area contributed by atoms with Gasteiger partial charge in [0.25, 0.3) is 0 Å². The fourth-order valence-corrected chi connectivity index (χ4v) is 9.35. The lowest BCUT2D eigenvalue weighted by atomic mass is 9.91. The summed E-state index contributed by atoms with van der Waals surface area (Å²) in [7, 11) is 0. The van der Waals surface area contributed by atoms with E-state index in [0.717, 1.165) is 52.7 Å². The molecule has 2 unspecified atom stereocenters. The Hall–Kier alpha value is -7.30. The second-order valence-electron chi connectivity index (χ2n) is 15.3. The summed E-state index contributed by atoms with van der Waals surface area (Å²) in [5, 5.41) is 2.46. The molecule has 7 aromatic carbocycles. The van der Waals surface area contributed by atoms with E-state index in [0.29, 0.717) is 5.92 Å². The average molecular weight is 747 g/mol. The first kappa shape index (κ1) is 34.0. The van der Waals surface area contributed by atoms with E-state index in [9.17, 15) is 0 Å². The summed E-state index contributed by atoms with van der Waals surface area (Å²) in [6, 6.07) is 64.1. The number of nitrogens with zero attached hydrogens (tertiary/aromatic N) is 4. The molecule has 11 rings (SSSR count). The van der Waals surface area contributed by atoms with Gasteiger partial charge in [-0.25, -0.2) is 0 Å². The predicted octanol–water partition coefficient (Wildman–Crippen LogP) is 14.4. The van der Waals surface area contributed by atoms with E-state index in [1.54, 1.807) is 0 Å². The number of anilines is 7. The van der Waals surface area contributed by atoms with Gasteiger partial charge in [-0.3, -0.25) is 0 Å². The van der Waals surface area contributed by atoms with Crippen LogP contribution >= 0.6 is 0 Å². The van der Waals surface area contributed by atoms with Gasteiger partial charge < -0.3 is 19.3 Å². The topological polar surface area (TPSA) is 14.7 Å². The Labute approximate surface area is 339 Å². The van der Waals surface area contributed by atoms with Crippen molar-refractivity contribution in [2.24, 2.45) is 0 Å². The minimum atomic E-state index is 0.288. The second-order valence-corrected chi connectivity index (χ2v) is 15.3. The van der Waals surface area contributed by atoms with Crippen LogP contribution in [-0.2, 0) is 0 Å². The molecule has 0 bridgehead atoms. The van der Waals surface area contributed by atoms with E-state index in [1.807, 2.05) is 0 Å². The average Bonchev–Trinajstić information content (AvgIpc) is 3.81. The van der Waals surface area contributed by atoms with Crippen LogP contribution in [0.4, 0.5) is 39.8 Å². The maximum Gasteiger partial charge on any atom is 0.0626 e. The lowest BCUT2D eigenvalue weighted by Crippen LogP contribution is -2.32. The number of aromatic nitrogens is 1. The summed E-state index contributed by atoms with van der Waals surface area (Å²) in [5.41, 5.74) is 14.3. The number of hydrogen-bond donors (Lipinski definition) is 0. The maximum absolute atomic E-state index is 2.57. The molecule has 0 amide bonds. The second kappa shape index (κ2) is 14.3. The van der Waals surface area contributed by atoms with Gasteiger partial charge >= 0.3 is 0 Å². The number of allylic oxidation sites excluding steroid dienone is 6. The number of rotatable bonds is 8. The molecule has 0 spiro atoms. The van der Waals surface area contributed by atoms with E-state index in [1.165, 1.54) is 38.8 Å². The van der Waals surface area contributed by atoms with E-state index in [-0.39, 0.29) is 6.04 Å². The van der Waals surface area contributed by atoms with E-state index in [4.69, 9.17) is 0 Å². The third kappa shape index (κ3) is 5.76. The van der Waals surface area contributed by atoms with Gasteiger partial charge in [0.2, 0.25) is 0 Å². The monoisotopic (exact) mass is 746 g/mol. The van der Waals surface area contributed by atoms with E-state index in [2.05, 4.69) is 238 Å². The zero-order valence-electron chi connectivity index (χ0n) is 32.1. The van der Waals surface area contributed by atoms with Gasteiger partial charge in [0.1, 0.15) is 0 Å². The van der Waals surface area contributed by atoms with Crippen LogP contribution in [0.1, 0.15) is 24.3 Å². The molecule has 4 nitrogen and oxygen atoms in total. The van der Waals surface area contributed by atoms with Crippen LogP contribution in [0.2, 0.25) is 0 Å². The molecule has 278 valence electrons. The van der Waals surface area contributed by atoms with Gasteiger partial charge in [0, 0.05) is 67.9 Å². The van der Waals surface area contributed by atoms with Crippen molar-refractivity contribution in [2.75, 3.05) is 14.7 Å². The number of benzene rings is 7. The lowest BCUT2D eigenvalue weighted by molar-refractivity contribution is 0.701. The van der Waals surface area contributed by atoms with Crippen LogP contribution in [0.15, 0.2) is 224 Å². The summed E-state index contributed by atoms with van der Waals surface area (Å²) in [6.45, 7) is 0. The Balaban J connectivity index is 1.01. The Kier molecular flexibility index (Phi) is 8.40. The molecule has 0 saturated heterocycles. The zero-order chi connectivity index (χ0) is 38.4. The zero-order valence-corrected chi connectivity index (χ0v) is 32.1. The Morgan fingerprint density at radius 3 is 1.72 bits per heavy atom. The standard InChI is InChI=1S/C54H42N4/c1-5-17-39(18-6-1)55(45-33-35-53-49(37-45)47-25-13-15-27-51(47)57(53)41-21-9-3-10-22-41)43-29-31-44(32-30-43)56(40-19-7-2-8-20-40)46-34-36-54-50(38-46)48-26-14-16-28-52(48)58(54)42-23-11-4-12-24-42/h1-11,13-23,25-38,48,52H,12,24H2. The van der Waals surface area contributed by atoms with Crippen molar-refractivity contribution < 1.29 is 0 Å². The molecular formula is C54H42N4. The van der Waals surface area contributed by atoms with E-state index < -0.39 is 0 Å². The van der Waals surface area contributed by atoms with Crippen molar-refractivity contribution in [1.82, 2.24) is 4.57 Å². The first-order valence-electron chi connectivity index (χ1n) is 20.3. The molecular weight excluding hydrogens is 705 g/mol. The molecule has 8 aromatic rings. The number of para-hydroxylation sites is 4. The van der Waals surface area contributed by atoms with Gasteiger partial charge in [-0.1, -0.05) is 109 Å². The third-order valence-electron chi connectivity index (χ3n) is 11.9. The van der Waals surface area contributed by atoms with Crippen molar-refractivity contribution in [2.45, 2.75) is 24.8 Å². The van der Waals surface area contributed by atoms with Crippen LogP contribution in [0.5, 0.6) is 0 Å². The summed E-state index contributed by atoms with van der Waals surface area (Å²) < 4.78 is 2.37. The highest BCUT2D eigenvalue weighted by Crippen LogP contribution is 2.49. The van der Waals surface area contributed by atoms with Crippen LogP contribution in [0.25, 0.3) is 27.5 Å². The molecule has 0 saturated carbocycles. The number of fused-ring (bicyclic) bond motifs is 6. The highest BCUT2D eigenvalue weighted by Gasteiger charge is 2.38. The van der Waals surface area contributed by atoms with Gasteiger partial charge in [0.15, 0.2) is 0 Å². The van der Waals surface area contributed by atoms with Crippen molar-refractivity contribution >= 4 is 61.6 Å². The van der Waals surface area contributed by atoms with Gasteiger partial charge in [-0.15, -0.1) is 0 Å². The molecule has 1 aliphatic heterocycles. The lowest BCUT2D eigenvalue weighted by Gasteiger charge is -2.31. The first-order chi connectivity index (χ1) is 28.8. The molecule has 2 aliphatic carbocycles. The summed E-state index contributed by atoms with van der Waals surface area (Å²) in [5.74, 6) is 0.297. The van der Waals surface area contributed by atoms with Crippen molar-refractivity contribution in [3.63, 3.8) is 0 Å². The van der Waals surface area contributed by atoms with Gasteiger partial charge in [-0.2, -0.15) is 0 Å². The normalized spacial score (nSPS) is 16.7. The molecule has 4 heteroatoms. The molecule has 0 fully saturated rings. The predicted molar refractivity (Wildman–Crippen MR) is 244 cm³/mol. The van der Waals surface area contributed by atoms with Crippen LogP contribution in [0, 0.1) is 0 Å². The number of hydrogen-bond acceptors (Lipinski definition) is 3.